The number of carbonyl (C=O) groups is 2. The third-order valence-electron chi connectivity index (χ3n) is 1.48. The summed E-state index contributed by atoms with van der Waals surface area (Å²) in [6, 6.07) is -1.98. The Kier molecular flexibility index (Phi) is 3.18. The van der Waals surface area contributed by atoms with Crippen LogP contribution in [-0.2, 0) is 0 Å². The Morgan fingerprint density at radius 2 is 1.21 bits per heavy atom. The summed E-state index contributed by atoms with van der Waals surface area (Å²) < 4.78 is 24.5. The second-order valence-corrected chi connectivity index (χ2v) is 3.17. The van der Waals surface area contributed by atoms with Gasteiger partial charge in [-0.15, -0.1) is 0 Å². The summed E-state index contributed by atoms with van der Waals surface area (Å²) in [5.41, 5.74) is -0.997. The number of halogens is 4. The fraction of sp³-hybridized carbons (Fsp3) is 0. The van der Waals surface area contributed by atoms with Gasteiger partial charge in [-0.2, -0.15) is 8.78 Å². The van der Waals surface area contributed by atoms with Gasteiger partial charge in [0.2, 0.25) is 0 Å². The largest absolute Gasteiger partial charge is 0.333 e. The molecule has 2 nitrogen and oxygen atoms in total. The Balaban J connectivity index is 3.38. The Bertz CT molecular complexity index is 378. The van der Waals surface area contributed by atoms with E-state index in [4.69, 9.17) is 23.2 Å². The zero-order chi connectivity index (χ0) is 10.9. The summed E-state index contributed by atoms with van der Waals surface area (Å²) in [5.74, 6) is 0. The van der Waals surface area contributed by atoms with Crippen LogP contribution in [0.15, 0.2) is 12.1 Å². The van der Waals surface area contributed by atoms with Crippen molar-refractivity contribution in [1.82, 2.24) is 0 Å². The van der Waals surface area contributed by atoms with E-state index in [1.54, 1.807) is 0 Å². The van der Waals surface area contributed by atoms with Crippen LogP contribution in [0.4, 0.5) is 8.78 Å². The molecule has 6 heteroatoms. The first-order valence-electron chi connectivity index (χ1n) is 3.32. The number of hydrogen-bond donors (Lipinski definition) is 0. The summed E-state index contributed by atoms with van der Waals surface area (Å²) >= 11 is 10.8. The van der Waals surface area contributed by atoms with Gasteiger partial charge in [0.25, 0.3) is 0 Å². The molecule has 74 valence electrons. The number of carbonyl (C=O) groups excluding carboxylic acids is 2. The van der Waals surface area contributed by atoms with Gasteiger partial charge < -0.3 is 0 Å². The number of benzene rings is 1. The minimum Gasteiger partial charge on any atom is -0.255 e. The highest BCUT2D eigenvalue weighted by atomic mass is 35.5. The van der Waals surface area contributed by atoms with Gasteiger partial charge in [0.15, 0.2) is 0 Å². The first kappa shape index (κ1) is 11.1. The molecule has 0 saturated heterocycles. The van der Waals surface area contributed by atoms with E-state index in [2.05, 4.69) is 0 Å². The van der Waals surface area contributed by atoms with E-state index in [-0.39, 0.29) is 10.0 Å². The fourth-order valence-corrected chi connectivity index (χ4v) is 1.32. The third kappa shape index (κ3) is 2.08. The van der Waals surface area contributed by atoms with Crippen molar-refractivity contribution < 1.29 is 18.4 Å². The molecule has 0 fully saturated rings. The minimum atomic E-state index is -1.80. The lowest BCUT2D eigenvalue weighted by atomic mass is 10.1. The molecule has 14 heavy (non-hydrogen) atoms. The van der Waals surface area contributed by atoms with Crippen LogP contribution in [0.5, 0.6) is 0 Å². The average molecular weight is 239 g/mol. The van der Waals surface area contributed by atoms with Gasteiger partial charge in [-0.05, 0) is 12.1 Å². The lowest BCUT2D eigenvalue weighted by Gasteiger charge is -2.01. The maximum absolute atomic E-state index is 12.2. The van der Waals surface area contributed by atoms with Crippen molar-refractivity contribution in [3.05, 3.63) is 33.3 Å². The van der Waals surface area contributed by atoms with Gasteiger partial charge in [-0.1, -0.05) is 23.2 Å². The second-order valence-electron chi connectivity index (χ2n) is 2.36. The summed E-state index contributed by atoms with van der Waals surface area (Å²) in [6.45, 7) is 0. The normalized spacial score (nSPS) is 10.0. The molecule has 0 aliphatic carbocycles. The lowest BCUT2D eigenvalue weighted by molar-refractivity contribution is 0.0822. The molecule has 0 atom stereocenters. The van der Waals surface area contributed by atoms with E-state index in [0.29, 0.717) is 0 Å². The summed E-state index contributed by atoms with van der Waals surface area (Å²) in [7, 11) is 0. The van der Waals surface area contributed by atoms with Gasteiger partial charge in [0.05, 0.1) is 21.2 Å². The molecule has 0 aromatic heterocycles. The van der Waals surface area contributed by atoms with E-state index in [0.717, 1.165) is 12.1 Å². The fourth-order valence-electron chi connectivity index (χ4n) is 0.848. The highest BCUT2D eigenvalue weighted by molar-refractivity contribution is 6.37. The standard InChI is InChI=1S/C8H2Cl2F2O2/c9-5-1-3(7(11)13)6(10)2-4(5)8(12)14/h1-2H. The zero-order valence-corrected chi connectivity index (χ0v) is 7.99. The number of rotatable bonds is 2. The van der Waals surface area contributed by atoms with Crippen LogP contribution >= 0.6 is 23.2 Å². The van der Waals surface area contributed by atoms with E-state index >= 15 is 0 Å². The Labute approximate surface area is 87.4 Å². The van der Waals surface area contributed by atoms with Gasteiger partial charge in [0, 0.05) is 0 Å². The SMILES string of the molecule is O=C(F)c1cc(Cl)c(C(=O)F)cc1Cl. The maximum atomic E-state index is 12.2. The van der Waals surface area contributed by atoms with E-state index in [1.165, 1.54) is 0 Å². The van der Waals surface area contributed by atoms with Crippen LogP contribution in [0.25, 0.3) is 0 Å². The Hall–Kier alpha value is -1.00. The predicted molar refractivity (Wildman–Crippen MR) is 47.3 cm³/mol. The molecule has 0 N–H and O–H groups in total. The molecule has 1 rings (SSSR count). The molecular weight excluding hydrogens is 237 g/mol. The van der Waals surface area contributed by atoms with Crippen molar-refractivity contribution in [3.63, 3.8) is 0 Å². The molecular formula is C8H2Cl2F2O2. The Morgan fingerprint density at radius 1 is 0.929 bits per heavy atom. The highest BCUT2D eigenvalue weighted by Gasteiger charge is 2.16. The van der Waals surface area contributed by atoms with Gasteiger partial charge in [-0.3, -0.25) is 9.59 Å². The quantitative estimate of drug-likeness (QED) is 0.742. The predicted octanol–water partition coefficient (Wildman–Crippen LogP) is 3.21. The van der Waals surface area contributed by atoms with E-state index in [1.807, 2.05) is 0 Å². The molecule has 0 radical (unpaired) electrons. The Morgan fingerprint density at radius 3 is 1.43 bits per heavy atom. The topological polar surface area (TPSA) is 34.1 Å². The number of hydrogen-bond acceptors (Lipinski definition) is 2. The molecule has 0 saturated carbocycles. The maximum Gasteiger partial charge on any atom is 0.333 e. The van der Waals surface area contributed by atoms with Gasteiger partial charge in [0.1, 0.15) is 0 Å². The molecule has 1 aromatic carbocycles. The van der Waals surface area contributed by atoms with Crippen LogP contribution in [-0.4, -0.2) is 12.1 Å². The smallest absolute Gasteiger partial charge is 0.255 e. The molecule has 0 amide bonds. The van der Waals surface area contributed by atoms with Crippen LogP contribution in [0.2, 0.25) is 10.0 Å². The first-order valence-corrected chi connectivity index (χ1v) is 4.07. The molecule has 0 heterocycles. The molecule has 0 aliphatic heterocycles. The first-order chi connectivity index (χ1) is 6.43. The van der Waals surface area contributed by atoms with Crippen molar-refractivity contribution in [2.24, 2.45) is 0 Å². The van der Waals surface area contributed by atoms with Gasteiger partial charge in [-0.25, -0.2) is 0 Å². The van der Waals surface area contributed by atoms with Crippen molar-refractivity contribution in [2.45, 2.75) is 0 Å². The zero-order valence-electron chi connectivity index (χ0n) is 6.48. The van der Waals surface area contributed by atoms with E-state index in [9.17, 15) is 18.4 Å². The van der Waals surface area contributed by atoms with Crippen molar-refractivity contribution in [3.8, 4) is 0 Å². The molecule has 0 unspecified atom stereocenters. The molecule has 0 aliphatic rings. The summed E-state index contributed by atoms with van der Waals surface area (Å²) in [4.78, 5) is 20.6. The lowest BCUT2D eigenvalue weighted by Crippen LogP contribution is -1.97. The second kappa shape index (κ2) is 4.02. The van der Waals surface area contributed by atoms with Gasteiger partial charge >= 0.3 is 12.1 Å². The van der Waals surface area contributed by atoms with Crippen molar-refractivity contribution in [1.29, 1.82) is 0 Å². The molecule has 1 aromatic rings. The summed E-state index contributed by atoms with van der Waals surface area (Å²) in [6.07, 6.45) is 0. The third-order valence-corrected chi connectivity index (χ3v) is 2.11. The van der Waals surface area contributed by atoms with Crippen LogP contribution in [0.3, 0.4) is 0 Å². The monoisotopic (exact) mass is 238 g/mol. The molecule has 0 bridgehead atoms. The minimum absolute atomic E-state index is 0.358. The molecule has 0 spiro atoms. The summed E-state index contributed by atoms with van der Waals surface area (Å²) in [5, 5.41) is -0.717. The van der Waals surface area contributed by atoms with Crippen LogP contribution in [0.1, 0.15) is 20.7 Å². The average Bonchev–Trinajstić information content (AvgIpc) is 2.07. The van der Waals surface area contributed by atoms with Crippen molar-refractivity contribution >= 4 is 35.3 Å². The van der Waals surface area contributed by atoms with E-state index < -0.39 is 23.2 Å². The van der Waals surface area contributed by atoms with Crippen LogP contribution in [0, 0.1) is 0 Å². The van der Waals surface area contributed by atoms with Crippen molar-refractivity contribution in [2.75, 3.05) is 0 Å². The highest BCUT2D eigenvalue weighted by Crippen LogP contribution is 2.26. The van der Waals surface area contributed by atoms with Crippen LogP contribution < -0.4 is 0 Å².